The van der Waals surface area contributed by atoms with Crippen molar-refractivity contribution in [1.82, 2.24) is 14.2 Å². The second-order valence-corrected chi connectivity index (χ2v) is 8.59. The molecule has 11 heteroatoms. The largest absolute Gasteiger partial charge is 0.462 e. The van der Waals surface area contributed by atoms with E-state index in [0.29, 0.717) is 39.2 Å². The predicted molar refractivity (Wildman–Crippen MR) is 109 cm³/mol. The van der Waals surface area contributed by atoms with E-state index < -0.39 is 22.3 Å². The van der Waals surface area contributed by atoms with E-state index in [4.69, 9.17) is 18.9 Å². The highest BCUT2D eigenvalue weighted by Crippen LogP contribution is 2.25. The Balaban J connectivity index is 2.31. The van der Waals surface area contributed by atoms with Gasteiger partial charge in [0.25, 0.3) is 0 Å². The van der Waals surface area contributed by atoms with Gasteiger partial charge >= 0.3 is 5.97 Å². The number of nitrogens with zero attached hydrogens (tertiary/aromatic N) is 3. The van der Waals surface area contributed by atoms with Crippen LogP contribution < -0.4 is 4.74 Å². The van der Waals surface area contributed by atoms with Crippen LogP contribution in [0.4, 0.5) is 0 Å². The van der Waals surface area contributed by atoms with E-state index >= 15 is 0 Å². The summed E-state index contributed by atoms with van der Waals surface area (Å²) in [6.45, 7) is 7.16. The molecule has 2 heterocycles. The van der Waals surface area contributed by atoms with Crippen LogP contribution in [0.5, 0.6) is 5.88 Å². The number of hydrogen-bond donors (Lipinski definition) is 0. The quantitative estimate of drug-likeness (QED) is 0.364. The number of sulfonamides is 1. The van der Waals surface area contributed by atoms with E-state index in [2.05, 4.69) is 9.88 Å². The molecule has 1 aliphatic heterocycles. The van der Waals surface area contributed by atoms with Gasteiger partial charge in [-0.1, -0.05) is 6.92 Å². The molecule has 0 aliphatic carbocycles. The molecule has 1 saturated heterocycles. The van der Waals surface area contributed by atoms with E-state index in [1.54, 1.807) is 14.0 Å². The van der Waals surface area contributed by atoms with Crippen molar-refractivity contribution in [2.45, 2.75) is 31.5 Å². The van der Waals surface area contributed by atoms with Gasteiger partial charge < -0.3 is 23.8 Å². The lowest BCUT2D eigenvalue weighted by Gasteiger charge is -2.33. The number of esters is 1. The Morgan fingerprint density at radius 1 is 1.20 bits per heavy atom. The van der Waals surface area contributed by atoms with Gasteiger partial charge in [0, 0.05) is 46.8 Å². The summed E-state index contributed by atoms with van der Waals surface area (Å²) in [5.74, 6) is -0.763. The van der Waals surface area contributed by atoms with E-state index in [1.165, 1.54) is 23.7 Å². The number of pyridine rings is 1. The van der Waals surface area contributed by atoms with Crippen LogP contribution in [0.2, 0.25) is 0 Å². The normalized spacial score (nSPS) is 16.9. The topological polar surface area (TPSA) is 108 Å². The molecule has 0 radical (unpaired) electrons. The van der Waals surface area contributed by atoms with Crippen molar-refractivity contribution in [1.29, 1.82) is 0 Å². The molecule has 0 amide bonds. The fourth-order valence-corrected chi connectivity index (χ4v) is 4.42. The average Bonchev–Trinajstić information content (AvgIpc) is 2.76. The third-order valence-electron chi connectivity index (χ3n) is 4.80. The number of methoxy groups -OCH3 is 2. The number of aromatic nitrogens is 1. The van der Waals surface area contributed by atoms with Crippen molar-refractivity contribution >= 4 is 16.0 Å². The summed E-state index contributed by atoms with van der Waals surface area (Å²) < 4.78 is 48.6. The van der Waals surface area contributed by atoms with Gasteiger partial charge in [-0.05, 0) is 19.5 Å². The highest BCUT2D eigenvalue weighted by atomic mass is 32.2. The van der Waals surface area contributed by atoms with E-state index in [9.17, 15) is 13.2 Å². The monoisotopic (exact) mass is 445 g/mol. The van der Waals surface area contributed by atoms with Crippen LogP contribution in [0.25, 0.3) is 0 Å². The molecule has 170 valence electrons. The molecule has 1 fully saturated rings. The molecule has 1 aliphatic rings. The second kappa shape index (κ2) is 11.6. The van der Waals surface area contributed by atoms with E-state index in [1.807, 2.05) is 6.92 Å². The third-order valence-corrected chi connectivity index (χ3v) is 6.67. The molecular formula is C19H31N3O7S. The number of carbonyl (C=O) groups is 1. The number of ether oxygens (including phenoxy) is 4. The summed E-state index contributed by atoms with van der Waals surface area (Å²) in [6, 6.07) is 1.25. The lowest BCUT2D eigenvalue weighted by Crippen LogP contribution is -2.48. The van der Waals surface area contributed by atoms with Crippen molar-refractivity contribution in [2.24, 2.45) is 0 Å². The average molecular weight is 446 g/mol. The molecule has 1 unspecified atom stereocenters. The van der Waals surface area contributed by atoms with Crippen LogP contribution in [-0.4, -0.2) is 95.0 Å². The van der Waals surface area contributed by atoms with Crippen molar-refractivity contribution in [3.8, 4) is 5.88 Å². The van der Waals surface area contributed by atoms with Gasteiger partial charge in [0.15, 0.2) is 0 Å². The highest BCUT2D eigenvalue weighted by Gasteiger charge is 2.30. The minimum absolute atomic E-state index is 0.0499. The zero-order chi connectivity index (χ0) is 22.1. The van der Waals surface area contributed by atoms with Gasteiger partial charge in [-0.15, -0.1) is 0 Å². The highest BCUT2D eigenvalue weighted by molar-refractivity contribution is 7.89. The Morgan fingerprint density at radius 3 is 2.47 bits per heavy atom. The Labute approximate surface area is 178 Å². The van der Waals surface area contributed by atoms with Crippen LogP contribution in [-0.2, 0) is 24.2 Å². The summed E-state index contributed by atoms with van der Waals surface area (Å²) in [5, 5.41) is 0. The molecule has 0 bridgehead atoms. The lowest BCUT2D eigenvalue weighted by atomic mass is 10.2. The fraction of sp³-hybridized carbons (Fsp3) is 0.684. The molecule has 0 spiro atoms. The number of carbonyl (C=O) groups excluding carboxylic acids is 1. The van der Waals surface area contributed by atoms with Gasteiger partial charge in [-0.3, -0.25) is 0 Å². The van der Waals surface area contributed by atoms with Crippen LogP contribution in [0.1, 0.15) is 30.6 Å². The van der Waals surface area contributed by atoms with Crippen molar-refractivity contribution in [3.63, 3.8) is 0 Å². The molecule has 0 aromatic carbocycles. The summed E-state index contributed by atoms with van der Waals surface area (Å²) in [5.41, 5.74) is -0.0652. The van der Waals surface area contributed by atoms with E-state index in [-0.39, 0.29) is 22.9 Å². The van der Waals surface area contributed by atoms with Crippen LogP contribution in [0.3, 0.4) is 0 Å². The molecule has 1 aromatic rings. The molecule has 2 rings (SSSR count). The lowest BCUT2D eigenvalue weighted by molar-refractivity contribution is -0.0713. The summed E-state index contributed by atoms with van der Waals surface area (Å²) in [6.07, 6.45) is 0.886. The SMILES string of the molecule is CCOC(=O)c1cc(S(=O)(=O)N2CCN(CC)CC2)cnc1OC(CCOC)OC. The Morgan fingerprint density at radius 2 is 1.90 bits per heavy atom. The van der Waals surface area contributed by atoms with Crippen LogP contribution in [0, 0.1) is 0 Å². The van der Waals surface area contributed by atoms with E-state index in [0.717, 1.165) is 6.54 Å². The molecule has 10 nitrogen and oxygen atoms in total. The van der Waals surface area contributed by atoms with Gasteiger partial charge in [0.1, 0.15) is 10.5 Å². The van der Waals surface area contributed by atoms with Crippen molar-refractivity contribution < 1.29 is 32.2 Å². The Kier molecular flexibility index (Phi) is 9.43. The summed E-state index contributed by atoms with van der Waals surface area (Å²) in [4.78, 5) is 18.7. The predicted octanol–water partition coefficient (Wildman–Crippen LogP) is 0.972. The van der Waals surface area contributed by atoms with Gasteiger partial charge in [0.2, 0.25) is 22.2 Å². The minimum atomic E-state index is -3.80. The number of piperazine rings is 1. The minimum Gasteiger partial charge on any atom is -0.462 e. The van der Waals surface area contributed by atoms with Gasteiger partial charge in [-0.2, -0.15) is 4.31 Å². The first kappa shape index (κ1) is 24.5. The van der Waals surface area contributed by atoms with Crippen molar-refractivity contribution in [3.05, 3.63) is 17.8 Å². The van der Waals surface area contributed by atoms with Crippen molar-refractivity contribution in [2.75, 3.05) is 60.2 Å². The first-order valence-corrected chi connectivity index (χ1v) is 11.4. The zero-order valence-corrected chi connectivity index (χ0v) is 18.8. The number of likely N-dealkylation sites (N-methyl/N-ethyl adjacent to an activating group) is 1. The Bertz CT molecular complexity index is 795. The van der Waals surface area contributed by atoms with Crippen LogP contribution >= 0.6 is 0 Å². The van der Waals surface area contributed by atoms with Gasteiger partial charge in [0.05, 0.1) is 19.4 Å². The summed E-state index contributed by atoms with van der Waals surface area (Å²) >= 11 is 0. The maximum absolute atomic E-state index is 13.1. The van der Waals surface area contributed by atoms with Crippen LogP contribution in [0.15, 0.2) is 17.2 Å². The molecule has 1 atom stereocenters. The molecular weight excluding hydrogens is 414 g/mol. The maximum Gasteiger partial charge on any atom is 0.343 e. The molecule has 1 aromatic heterocycles. The third kappa shape index (κ3) is 6.11. The smallest absolute Gasteiger partial charge is 0.343 e. The molecule has 0 saturated carbocycles. The zero-order valence-electron chi connectivity index (χ0n) is 18.0. The number of rotatable bonds is 11. The number of hydrogen-bond acceptors (Lipinski definition) is 9. The fourth-order valence-electron chi connectivity index (χ4n) is 3.02. The maximum atomic E-state index is 13.1. The molecule has 0 N–H and O–H groups in total. The molecule has 30 heavy (non-hydrogen) atoms. The summed E-state index contributed by atoms with van der Waals surface area (Å²) in [7, 11) is -0.792. The first-order valence-electron chi connectivity index (χ1n) is 9.95. The second-order valence-electron chi connectivity index (χ2n) is 6.65. The Hall–Kier alpha value is -1.79. The standard InChI is InChI=1S/C19H31N3O7S/c1-5-21-8-10-22(11-9-21)30(24,25)15-13-16(19(23)28-6-2)18(20-14-15)29-17(27-4)7-12-26-3/h13-14,17H,5-12H2,1-4H3. The first-order chi connectivity index (χ1) is 14.4. The van der Waals surface area contributed by atoms with Gasteiger partial charge in [-0.25, -0.2) is 18.2 Å².